The van der Waals surface area contributed by atoms with Gasteiger partial charge in [-0.25, -0.2) is 4.99 Å². The van der Waals surface area contributed by atoms with E-state index in [1.807, 2.05) is 0 Å². The van der Waals surface area contributed by atoms with E-state index in [1.54, 1.807) is 19.0 Å². The van der Waals surface area contributed by atoms with Gasteiger partial charge in [0.05, 0.1) is 23.4 Å². The highest BCUT2D eigenvalue weighted by atomic mass is 35.5. The summed E-state index contributed by atoms with van der Waals surface area (Å²) in [5.74, 6) is -12.0. The van der Waals surface area contributed by atoms with Gasteiger partial charge in [0.2, 0.25) is 11.9 Å². The van der Waals surface area contributed by atoms with Crippen LogP contribution in [-0.4, -0.2) is 102 Å². The molecule has 0 spiro atoms. The largest absolute Gasteiger partial charge is 0.505 e. The number of nitrogens with two attached hydrogens (primary N) is 3. The van der Waals surface area contributed by atoms with Crippen molar-refractivity contribution in [2.75, 3.05) is 39.0 Å². The Morgan fingerprint density at radius 2 is 1.76 bits per heavy atom. The molecule has 3 aliphatic rings. The van der Waals surface area contributed by atoms with Gasteiger partial charge in [-0.05, 0) is 44.5 Å². The van der Waals surface area contributed by atoms with Crippen molar-refractivity contribution >= 4 is 63.8 Å². The highest BCUT2D eigenvalue weighted by Gasteiger charge is 2.69. The topological polar surface area (TPSA) is 235 Å². The summed E-state index contributed by atoms with van der Waals surface area (Å²) in [5.41, 5.74) is 14.5. The summed E-state index contributed by atoms with van der Waals surface area (Å²) in [6, 6.07) is 0.314. The number of alkyl halides is 1. The number of carbonyl (C=O) groups is 5. The minimum atomic E-state index is -2.81. The zero-order chi connectivity index (χ0) is 30.7. The lowest BCUT2D eigenvalue weighted by atomic mass is 9.52. The quantitative estimate of drug-likeness (QED) is 0.114. The number of aromatic hydroxyl groups is 1. The molecular formula is C26H32ClN7O7. The molecule has 2 unspecified atom stereocenters. The molecule has 0 saturated heterocycles. The summed E-state index contributed by atoms with van der Waals surface area (Å²) < 4.78 is 0. The van der Waals surface area contributed by atoms with Gasteiger partial charge in [-0.3, -0.25) is 28.9 Å². The summed E-state index contributed by atoms with van der Waals surface area (Å²) in [7, 11) is 6.46. The number of phenolic OH excluding ortho intramolecular Hbond substituents is 1. The van der Waals surface area contributed by atoms with Crippen LogP contribution in [0.25, 0.3) is 0 Å². The lowest BCUT2D eigenvalue weighted by Gasteiger charge is -2.52. The fourth-order valence-electron chi connectivity index (χ4n) is 6.45. The van der Waals surface area contributed by atoms with E-state index >= 15 is 0 Å². The zero-order valence-electron chi connectivity index (χ0n) is 22.9. The number of guanidine groups is 1. The van der Waals surface area contributed by atoms with Crippen LogP contribution in [0.5, 0.6) is 5.75 Å². The van der Waals surface area contributed by atoms with Gasteiger partial charge in [0.15, 0.2) is 40.4 Å². The number of amidine groups is 1. The second-order valence-corrected chi connectivity index (χ2v) is 11.3. The highest BCUT2D eigenvalue weighted by molar-refractivity contribution is 6.32. The first-order chi connectivity index (χ1) is 19.1. The number of amides is 1. The molecule has 2 saturated carbocycles. The molecule has 1 amide bonds. The standard InChI is InChI=1S/C26H32ClN7O7/c1-33(2)13-7-12(31-25(30)32-14(28)8-27)19(35)16-10(13)5-9-6-11-18(34(3)4)21(37)17(24(29)40)23(39)26(11,41)22(38)15(9)20(16)36/h7,9,11,15,17-18,35,41H,5-6,8H2,1-4H3,(H2,29,40)(H4,28,30,31,32)/t9-,11-,15?,17?,18-,26-/m0/s1. The number of carbonyl (C=O) groups excluding carboxylic acids is 5. The first-order valence-electron chi connectivity index (χ1n) is 12.7. The van der Waals surface area contributed by atoms with E-state index in [1.165, 1.54) is 25.1 Å². The van der Waals surface area contributed by atoms with Gasteiger partial charge in [0.25, 0.3) is 0 Å². The van der Waals surface area contributed by atoms with Crippen LogP contribution in [0.2, 0.25) is 0 Å². The number of hydrogen-bond acceptors (Lipinski definition) is 10. The normalized spacial score (nSPS) is 30.2. The lowest BCUT2D eigenvalue weighted by molar-refractivity contribution is -0.181. The number of aliphatic imine (C=N–C) groups is 2. The Morgan fingerprint density at radius 3 is 2.29 bits per heavy atom. The minimum Gasteiger partial charge on any atom is -0.505 e. The van der Waals surface area contributed by atoms with E-state index in [-0.39, 0.29) is 41.8 Å². The maximum atomic E-state index is 14.0. The third-order valence-electron chi connectivity index (χ3n) is 8.13. The van der Waals surface area contributed by atoms with Gasteiger partial charge in [0, 0.05) is 25.7 Å². The van der Waals surface area contributed by atoms with E-state index in [4.69, 9.17) is 28.8 Å². The summed E-state index contributed by atoms with van der Waals surface area (Å²) in [6.07, 6.45) is 0.0422. The molecule has 1 aromatic carbocycles. The summed E-state index contributed by atoms with van der Waals surface area (Å²) in [5, 5.41) is 22.9. The Morgan fingerprint density at radius 1 is 1.12 bits per heavy atom. The van der Waals surface area contributed by atoms with Crippen LogP contribution in [0.15, 0.2) is 16.1 Å². The number of phenols is 1. The predicted molar refractivity (Wildman–Crippen MR) is 149 cm³/mol. The number of likely N-dealkylation sites (N-methyl/N-ethyl adjacent to an activating group) is 1. The van der Waals surface area contributed by atoms with Gasteiger partial charge in [-0.1, -0.05) is 0 Å². The maximum absolute atomic E-state index is 14.0. The number of ketones is 4. The summed E-state index contributed by atoms with van der Waals surface area (Å²) in [4.78, 5) is 77.7. The first kappa shape index (κ1) is 30.1. The third-order valence-corrected chi connectivity index (χ3v) is 8.40. The molecule has 4 rings (SSSR count). The van der Waals surface area contributed by atoms with Crippen molar-refractivity contribution in [2.45, 2.75) is 24.5 Å². The molecule has 8 N–H and O–H groups in total. The van der Waals surface area contributed by atoms with E-state index < -0.39 is 70.1 Å². The number of halogens is 1. The lowest BCUT2D eigenvalue weighted by Crippen LogP contribution is -2.74. The van der Waals surface area contributed by atoms with Gasteiger partial charge < -0.3 is 32.3 Å². The average molecular weight is 590 g/mol. The molecule has 1 aromatic rings. The van der Waals surface area contributed by atoms with Crippen LogP contribution in [0.4, 0.5) is 11.4 Å². The monoisotopic (exact) mass is 589 g/mol. The zero-order valence-corrected chi connectivity index (χ0v) is 23.7. The smallest absolute Gasteiger partial charge is 0.235 e. The second-order valence-electron chi connectivity index (χ2n) is 11.0. The molecule has 0 aliphatic heterocycles. The van der Waals surface area contributed by atoms with Crippen LogP contribution >= 0.6 is 11.6 Å². The SMILES string of the molecule is CN(C)c1cc(N=C(N)N=C(N)CCl)c(O)c2c1C[C@H]1C[C@H]3[C@H](N(C)C)C(=O)C(C(N)=O)C(=O)[C@@]3(O)C(=O)C1C2=O. The second kappa shape index (κ2) is 10.5. The van der Waals surface area contributed by atoms with Crippen LogP contribution in [-0.2, 0) is 25.6 Å². The Labute approximate surface area is 240 Å². The number of hydrogen-bond donors (Lipinski definition) is 5. The molecule has 0 aromatic heterocycles. The van der Waals surface area contributed by atoms with Gasteiger partial charge in [-0.15, -0.1) is 11.6 Å². The van der Waals surface area contributed by atoms with Crippen molar-refractivity contribution in [3.63, 3.8) is 0 Å². The molecule has 15 heteroatoms. The Balaban J connectivity index is 1.90. The predicted octanol–water partition coefficient (Wildman–Crippen LogP) is -1.52. The van der Waals surface area contributed by atoms with Crippen molar-refractivity contribution in [2.24, 2.45) is 50.9 Å². The van der Waals surface area contributed by atoms with Gasteiger partial charge in [0.1, 0.15) is 11.5 Å². The maximum Gasteiger partial charge on any atom is 0.235 e. The van der Waals surface area contributed by atoms with Crippen LogP contribution < -0.4 is 22.1 Å². The van der Waals surface area contributed by atoms with Crippen molar-refractivity contribution in [3.8, 4) is 5.75 Å². The number of Topliss-reactive ketones (excluding diaryl/α,β-unsaturated/α-hetero) is 4. The third kappa shape index (κ3) is 4.55. The average Bonchev–Trinajstić information content (AvgIpc) is 2.87. The number of anilines is 1. The molecule has 0 bridgehead atoms. The Hall–Kier alpha value is -3.88. The summed E-state index contributed by atoms with van der Waals surface area (Å²) in [6.45, 7) is 0. The van der Waals surface area contributed by atoms with E-state index in [0.29, 0.717) is 11.3 Å². The fraction of sp³-hybridized carbons (Fsp3) is 0.500. The number of primary amides is 1. The van der Waals surface area contributed by atoms with E-state index in [2.05, 4.69) is 9.98 Å². The fourth-order valence-corrected chi connectivity index (χ4v) is 6.51. The Bertz CT molecular complexity index is 1440. The number of nitrogens with zero attached hydrogens (tertiary/aromatic N) is 4. The number of fused-ring (bicyclic) bond motifs is 3. The van der Waals surface area contributed by atoms with Crippen LogP contribution in [0, 0.1) is 23.7 Å². The van der Waals surface area contributed by atoms with Crippen LogP contribution in [0.1, 0.15) is 22.3 Å². The van der Waals surface area contributed by atoms with Gasteiger partial charge in [-0.2, -0.15) is 4.99 Å². The molecule has 220 valence electrons. The molecule has 14 nitrogen and oxygen atoms in total. The van der Waals surface area contributed by atoms with Gasteiger partial charge >= 0.3 is 0 Å². The molecule has 6 atom stereocenters. The van der Waals surface area contributed by atoms with Crippen molar-refractivity contribution in [1.82, 2.24) is 4.90 Å². The van der Waals surface area contributed by atoms with Crippen molar-refractivity contribution < 1.29 is 34.2 Å². The Kier molecular flexibility index (Phi) is 7.71. The van der Waals surface area contributed by atoms with Crippen molar-refractivity contribution in [1.29, 1.82) is 0 Å². The summed E-state index contributed by atoms with van der Waals surface area (Å²) >= 11 is 5.63. The number of rotatable bonds is 5. The number of benzene rings is 1. The molecular weight excluding hydrogens is 558 g/mol. The highest BCUT2D eigenvalue weighted by Crippen LogP contribution is 2.53. The van der Waals surface area contributed by atoms with Crippen molar-refractivity contribution in [3.05, 3.63) is 17.2 Å². The molecule has 3 aliphatic carbocycles. The molecule has 2 fully saturated rings. The molecule has 0 heterocycles. The van der Waals surface area contributed by atoms with Crippen LogP contribution in [0.3, 0.4) is 0 Å². The molecule has 0 radical (unpaired) electrons. The molecule has 41 heavy (non-hydrogen) atoms. The number of aliphatic hydroxyl groups is 1. The first-order valence-corrected chi connectivity index (χ1v) is 13.2. The minimum absolute atomic E-state index is 0.0337. The van der Waals surface area contributed by atoms with E-state index in [0.717, 1.165) is 0 Å². The van der Waals surface area contributed by atoms with E-state index in [9.17, 15) is 34.2 Å².